The number of halogens is 2. The lowest BCUT2D eigenvalue weighted by atomic mass is 9.82. The number of carbonyl (C=O) groups is 4. The van der Waals surface area contributed by atoms with E-state index in [1.54, 1.807) is 55.5 Å². The van der Waals surface area contributed by atoms with Gasteiger partial charge in [0.15, 0.2) is 5.67 Å². The third-order valence-electron chi connectivity index (χ3n) is 14.5. The van der Waals surface area contributed by atoms with Gasteiger partial charge in [0.1, 0.15) is 28.7 Å². The number of nitrogens with one attached hydrogen (secondary N) is 4. The van der Waals surface area contributed by atoms with Crippen LogP contribution in [0.2, 0.25) is 5.02 Å². The van der Waals surface area contributed by atoms with Crippen molar-refractivity contribution in [1.82, 2.24) is 40.3 Å². The summed E-state index contributed by atoms with van der Waals surface area (Å²) >= 11 is 9.31. The van der Waals surface area contributed by atoms with Crippen LogP contribution in [0.5, 0.6) is 5.75 Å². The number of thiazole rings is 1. The second kappa shape index (κ2) is 22.4. The fourth-order valence-corrected chi connectivity index (χ4v) is 12.2. The SMILES string of the molecule is CNc1nc(Nc2ccc(C(=O)N3CCN(CC4CCC(CSC(C)(C)[C@H](NC(=O)C5(F)CC5)C(=O)N5C[C@H](O)C[C@H]5C(=O)NCc5ccc(-c6scnc6C)cc5C)CC4)CC3)cc2OC)ncc1Cl. The van der Waals surface area contributed by atoms with Crippen LogP contribution in [0.3, 0.4) is 0 Å². The molecule has 3 atom stereocenters. The zero-order valence-electron chi connectivity index (χ0n) is 41.4. The number of anilines is 3. The summed E-state index contributed by atoms with van der Waals surface area (Å²) in [7, 11) is 3.28. The van der Waals surface area contributed by atoms with Crippen LogP contribution in [0, 0.1) is 25.7 Å². The first kappa shape index (κ1) is 52.2. The van der Waals surface area contributed by atoms with E-state index in [1.807, 2.05) is 50.2 Å². The van der Waals surface area contributed by atoms with E-state index >= 15 is 4.39 Å². The Morgan fingerprint density at radius 1 is 1.03 bits per heavy atom. The van der Waals surface area contributed by atoms with Crippen molar-refractivity contribution >= 4 is 75.8 Å². The van der Waals surface area contributed by atoms with Crippen molar-refractivity contribution in [3.05, 3.63) is 75.5 Å². The number of aryl methyl sites for hydroxylation is 2. The lowest BCUT2D eigenvalue weighted by Gasteiger charge is -2.40. The lowest BCUT2D eigenvalue weighted by Crippen LogP contribution is -2.61. The van der Waals surface area contributed by atoms with Crippen molar-refractivity contribution in [2.45, 2.75) is 108 Å². The maximum atomic E-state index is 15.2. The molecule has 4 aliphatic rings. The highest BCUT2D eigenvalue weighted by Crippen LogP contribution is 2.42. The molecule has 4 heterocycles. The summed E-state index contributed by atoms with van der Waals surface area (Å²) in [5.74, 6) is 1.24. The second-order valence-corrected chi connectivity index (χ2v) is 22.9. The number of β-amino-alcohol motifs (C(OH)–C–C–N with tert-alkyl or cyclic N) is 1. The van der Waals surface area contributed by atoms with Gasteiger partial charge in [-0.3, -0.25) is 24.1 Å². The van der Waals surface area contributed by atoms with Gasteiger partial charge in [-0.2, -0.15) is 16.7 Å². The Morgan fingerprint density at radius 2 is 1.76 bits per heavy atom. The number of aliphatic hydroxyl groups excluding tert-OH is 1. The Kier molecular flexibility index (Phi) is 16.5. The lowest BCUT2D eigenvalue weighted by molar-refractivity contribution is -0.143. The molecule has 2 aliphatic heterocycles. The number of methoxy groups -OCH3 is 1. The minimum Gasteiger partial charge on any atom is -0.495 e. The van der Waals surface area contributed by atoms with Crippen LogP contribution in [0.4, 0.5) is 21.8 Å². The molecule has 2 saturated heterocycles. The molecule has 0 spiro atoms. The number of carbonyl (C=O) groups excluding carboxylic acids is 4. The average Bonchev–Trinajstić information content (AvgIpc) is 3.77. The zero-order chi connectivity index (χ0) is 50.6. The molecular formula is C51H66ClFN10O6S2. The summed E-state index contributed by atoms with van der Waals surface area (Å²) in [5.41, 5.74) is 4.91. The van der Waals surface area contributed by atoms with E-state index in [0.29, 0.717) is 58.7 Å². The van der Waals surface area contributed by atoms with Crippen molar-refractivity contribution in [3.63, 3.8) is 0 Å². The van der Waals surface area contributed by atoms with Gasteiger partial charge in [0.05, 0.1) is 41.2 Å². The number of benzene rings is 2. The predicted molar refractivity (Wildman–Crippen MR) is 277 cm³/mol. The monoisotopic (exact) mass is 1030 g/mol. The van der Waals surface area contributed by atoms with Crippen LogP contribution in [0.1, 0.15) is 86.0 Å². The Bertz CT molecular complexity index is 2580. The first-order valence-corrected chi connectivity index (χ1v) is 26.8. The van der Waals surface area contributed by atoms with Crippen molar-refractivity contribution in [3.8, 4) is 16.2 Å². The van der Waals surface area contributed by atoms with Gasteiger partial charge in [0.2, 0.25) is 17.8 Å². The van der Waals surface area contributed by atoms with E-state index in [-0.39, 0.29) is 38.3 Å². The number of nitrogens with zero attached hydrogens (tertiary/aromatic N) is 6. The number of aromatic nitrogens is 3. The number of amides is 4. The molecule has 2 aliphatic carbocycles. The number of hydrogen-bond donors (Lipinski definition) is 5. The van der Waals surface area contributed by atoms with Gasteiger partial charge in [-0.1, -0.05) is 29.8 Å². The molecule has 4 fully saturated rings. The van der Waals surface area contributed by atoms with Crippen molar-refractivity contribution in [2.24, 2.45) is 11.8 Å². The quantitative estimate of drug-likeness (QED) is 0.0685. The second-order valence-electron chi connectivity index (χ2n) is 20.0. The molecule has 4 aromatic rings. The van der Waals surface area contributed by atoms with E-state index < -0.39 is 46.3 Å². The molecule has 2 aromatic carbocycles. The van der Waals surface area contributed by atoms with E-state index in [2.05, 4.69) is 47.2 Å². The predicted octanol–water partition coefficient (Wildman–Crippen LogP) is 7.01. The number of thioether (sulfide) groups is 1. The third-order valence-corrected chi connectivity index (χ3v) is 17.4. The van der Waals surface area contributed by atoms with Crippen molar-refractivity contribution in [1.29, 1.82) is 0 Å². The van der Waals surface area contributed by atoms with Gasteiger partial charge in [0, 0.05) is 69.6 Å². The van der Waals surface area contributed by atoms with Gasteiger partial charge in [0.25, 0.3) is 11.8 Å². The highest BCUT2D eigenvalue weighted by molar-refractivity contribution is 8.00. The van der Waals surface area contributed by atoms with Gasteiger partial charge >= 0.3 is 0 Å². The fraction of sp³-hybridized carbons (Fsp3) is 0.549. The molecule has 0 radical (unpaired) electrons. The molecule has 5 N–H and O–H groups in total. The normalized spacial score (nSPS) is 21.6. The topological polar surface area (TPSA) is 194 Å². The summed E-state index contributed by atoms with van der Waals surface area (Å²) < 4.78 is 20.0. The van der Waals surface area contributed by atoms with Crippen LogP contribution in [-0.2, 0) is 20.9 Å². The maximum absolute atomic E-state index is 15.2. The Hall–Kier alpha value is -5.08. The Morgan fingerprint density at radius 3 is 2.42 bits per heavy atom. The molecule has 2 saturated carbocycles. The smallest absolute Gasteiger partial charge is 0.258 e. The highest BCUT2D eigenvalue weighted by atomic mass is 35.5. The molecule has 8 rings (SSSR count). The molecule has 16 nitrogen and oxygen atoms in total. The number of alkyl halides is 1. The minimum atomic E-state index is -2.00. The first-order valence-electron chi connectivity index (χ1n) is 24.5. The molecule has 2 aromatic heterocycles. The summed E-state index contributed by atoms with van der Waals surface area (Å²) in [5, 5.41) is 23.1. The molecular weight excluding hydrogens is 967 g/mol. The number of rotatable bonds is 18. The zero-order valence-corrected chi connectivity index (χ0v) is 43.7. The average molecular weight is 1030 g/mol. The molecule has 71 heavy (non-hydrogen) atoms. The maximum Gasteiger partial charge on any atom is 0.258 e. The Balaban J connectivity index is 0.814. The number of piperazine rings is 1. The first-order chi connectivity index (χ1) is 33.9. The van der Waals surface area contributed by atoms with Crippen molar-refractivity contribution in [2.75, 3.05) is 69.8 Å². The summed E-state index contributed by atoms with van der Waals surface area (Å²) in [6.45, 7) is 11.7. The third kappa shape index (κ3) is 12.4. The molecule has 0 unspecified atom stereocenters. The van der Waals surface area contributed by atoms with Crippen LogP contribution < -0.4 is 26.0 Å². The summed E-state index contributed by atoms with van der Waals surface area (Å²) in [6, 6.07) is 9.28. The molecule has 4 amide bonds. The van der Waals surface area contributed by atoms with Gasteiger partial charge in [-0.15, -0.1) is 11.3 Å². The van der Waals surface area contributed by atoms with E-state index in [4.69, 9.17) is 16.3 Å². The van der Waals surface area contributed by atoms with E-state index in [0.717, 1.165) is 78.3 Å². The van der Waals surface area contributed by atoms with Crippen molar-refractivity contribution < 1.29 is 33.4 Å². The molecule has 382 valence electrons. The van der Waals surface area contributed by atoms with Gasteiger partial charge < -0.3 is 40.9 Å². The number of aliphatic hydroxyl groups is 1. The number of likely N-dealkylation sites (tertiary alicyclic amines) is 1. The molecule has 20 heteroatoms. The van der Waals surface area contributed by atoms with Gasteiger partial charge in [-0.25, -0.2) is 14.4 Å². The fourth-order valence-electron chi connectivity index (χ4n) is 9.85. The molecule has 0 bridgehead atoms. The van der Waals surface area contributed by atoms with Crippen LogP contribution in [0.15, 0.2) is 48.1 Å². The number of ether oxygens (including phenoxy) is 1. The largest absolute Gasteiger partial charge is 0.495 e. The van der Waals surface area contributed by atoms with Crippen LogP contribution in [0.25, 0.3) is 10.4 Å². The summed E-state index contributed by atoms with van der Waals surface area (Å²) in [4.78, 5) is 75.1. The van der Waals surface area contributed by atoms with Crippen LogP contribution in [-0.4, -0.2) is 146 Å². The number of hydrogen-bond acceptors (Lipinski definition) is 14. The standard InChI is InChI=1S/C51H66ClFN10O6S2/c1-30-21-34(42-31(2)57-29-70-42)11-12-36(30)24-55-45(65)40-23-37(64)27-63(40)47(67)43(59-48(68)51(53)15-16-51)50(3,4)71-28-33-9-7-32(8-10-33)26-61-17-19-62(20-18-61)46(66)35-13-14-39(41(22-35)69-6)58-49-56-25-38(52)44(54-5)60-49/h11-14,21-22,25,29,32-33,37,40,43,64H,7-10,15-20,23-24,26-28H2,1-6H3,(H,55,65)(H,59,68)(H2,54,56,58,60)/t32?,33?,37-,40+,43-/m1/s1. The van der Waals surface area contributed by atoms with E-state index in [1.165, 1.54) is 11.1 Å². The minimum absolute atomic E-state index is 0.0504. The Labute approximate surface area is 428 Å². The summed E-state index contributed by atoms with van der Waals surface area (Å²) in [6.07, 6.45) is 5.00. The highest BCUT2D eigenvalue weighted by Gasteiger charge is 2.54. The van der Waals surface area contributed by atoms with Gasteiger partial charge in [-0.05, 0) is 119 Å². The van der Waals surface area contributed by atoms with E-state index in [9.17, 15) is 24.3 Å². The van der Waals surface area contributed by atoms with Crippen LogP contribution >= 0.6 is 34.7 Å².